The van der Waals surface area contributed by atoms with Gasteiger partial charge in [-0.15, -0.1) is 0 Å². The molecule has 12 heteroatoms. The minimum atomic E-state index is -0.477. The van der Waals surface area contributed by atoms with E-state index in [0.717, 1.165) is 130 Å². The van der Waals surface area contributed by atoms with Crippen LogP contribution < -0.4 is 28.7 Å². The highest BCUT2D eigenvalue weighted by molar-refractivity contribution is 6.46. The van der Waals surface area contributed by atoms with Gasteiger partial charge in [0.25, 0.3) is 23.6 Å². The fourth-order valence-electron chi connectivity index (χ4n) is 25.0. The third-order valence-corrected chi connectivity index (χ3v) is 32.4. The van der Waals surface area contributed by atoms with E-state index >= 15 is 19.2 Å². The van der Waals surface area contributed by atoms with Crippen molar-refractivity contribution >= 4 is 133 Å². The Balaban J connectivity index is 0.605. The first kappa shape index (κ1) is 90.2. The topological polar surface area (TPSA) is 152 Å². The van der Waals surface area contributed by atoms with E-state index in [9.17, 15) is 10.2 Å². The summed E-state index contributed by atoms with van der Waals surface area (Å²) in [7, 11) is 0. The second kappa shape index (κ2) is 31.7. The lowest BCUT2D eigenvalue weighted by Gasteiger charge is -2.42. The van der Waals surface area contributed by atoms with Crippen LogP contribution in [-0.4, -0.2) is 33.8 Å². The predicted octanol–water partition coefficient (Wildman–Crippen LogP) is 34.1. The second-order valence-corrected chi connectivity index (χ2v) is 46.9. The molecule has 6 aliphatic carbocycles. The van der Waals surface area contributed by atoms with E-state index in [0.29, 0.717) is 118 Å². The van der Waals surface area contributed by atoms with Gasteiger partial charge in [-0.05, 0) is 358 Å². The molecule has 8 aliphatic rings. The molecule has 0 unspecified atom stereocenters. The van der Waals surface area contributed by atoms with Crippen LogP contribution in [0.2, 0.25) is 0 Å². The van der Waals surface area contributed by atoms with Gasteiger partial charge >= 0.3 is 0 Å². The van der Waals surface area contributed by atoms with Crippen molar-refractivity contribution in [3.63, 3.8) is 0 Å². The third-order valence-electron chi connectivity index (χ3n) is 32.4. The molecule has 2 heterocycles. The Morgan fingerprint density at radius 1 is 0.264 bits per heavy atom. The third kappa shape index (κ3) is 13.7. The van der Waals surface area contributed by atoms with Crippen LogP contribution >= 0.6 is 0 Å². The average molecular weight is 1890 g/mol. The van der Waals surface area contributed by atoms with E-state index in [1.165, 1.54) is 75.9 Å². The molecule has 17 aromatic carbocycles. The van der Waals surface area contributed by atoms with Crippen LogP contribution in [0.1, 0.15) is 293 Å². The second-order valence-electron chi connectivity index (χ2n) is 46.9. The SMILES string of the molecule is CC(C)c1cc(O)cc(C(C)C)c1N1C(=O)c2cc(Oc3ccc(C(C)(C)C)cc3)c3c4c(c(Oc5ccc(C(C)(C)C)cc5)cc(c24)C1=O)C1=CC=C2c4cc5cc6c(cc5cc4C4=CC=C3C1C42)CCc1cc2cc3c(cc2cc1CC6)-c1ccc2c4c(Oc5ccc(C(C)(C)C)cc5)cc5c6c(cc(Oc7ccc(C(C)(C)C)cc7)c(c7ccc-3c1c72)c64)C(=O)N(c1c(C(C)C)cc(O)cc1C(C)C)C5=O. The number of ether oxygens (including phenoxy) is 4. The molecule has 0 saturated heterocycles. The summed E-state index contributed by atoms with van der Waals surface area (Å²) in [6, 6.07) is 76.1. The quantitative estimate of drug-likeness (QED) is 0.0611. The molecule has 0 atom stereocenters. The molecule has 714 valence electrons. The Hall–Kier alpha value is -15.1. The summed E-state index contributed by atoms with van der Waals surface area (Å²) in [5.74, 6) is 1.62. The maximum Gasteiger partial charge on any atom is 0.266 e. The minimum Gasteiger partial charge on any atom is -0.508 e. The minimum absolute atomic E-state index is 0.0721. The van der Waals surface area contributed by atoms with Gasteiger partial charge in [0.05, 0.1) is 33.6 Å². The molecule has 0 bridgehead atoms. The standard InChI is InChI=1S/C132H116N2O10/c1-65(2)95-57-81(135)58-96(66(3)4)123(95)133-125(137)103-61-107(141-83-33-25-77(26-34-83)129(9,10)11)117-91-45-41-87-99-53-73-49-69-21-23-71-51-75-55-101-89-43-47-93-114-94(48-44-90(112(89)114)102(101)56-76(75)52-72(71)24-22-70(69)50-74(73)54-100(99)88-42-46-92(113(91)111(87)88)118-108(62-104(126(133)138)115(103)121(117)118)142-84-35-27-78(28-36-84)130(12,13)14)120-110(144-86-39-31-80(32-40-86)132(18,19)20)64-106-116-105(63-109(119(93)122(116)120)143-85-37-29-79(30-38-85)131(15,16)17)127(139)134(128(106)140)124-97(67(5)6)59-82(136)60-98(124)68(7)8/h25-68,111,113,135-136H,21-24H2,1-20H3. The van der Waals surface area contributed by atoms with Crippen molar-refractivity contribution in [1.82, 2.24) is 0 Å². The highest BCUT2D eigenvalue weighted by atomic mass is 16.5. The fraction of sp³-hybridized carbons (Fsp3) is 0.258. The number of benzene rings is 17. The normalized spacial score (nSPS) is 16.2. The zero-order valence-corrected chi connectivity index (χ0v) is 85.4. The Morgan fingerprint density at radius 3 is 0.826 bits per heavy atom. The Kier molecular flexibility index (Phi) is 19.8. The summed E-state index contributed by atoms with van der Waals surface area (Å²) in [6.45, 7) is 42.6. The van der Waals surface area contributed by atoms with Gasteiger partial charge in [0, 0.05) is 55.3 Å². The first-order chi connectivity index (χ1) is 68.7. The Labute approximate surface area is 840 Å². The summed E-state index contributed by atoms with van der Waals surface area (Å²) in [4.78, 5) is 67.9. The monoisotopic (exact) mass is 1890 g/mol. The lowest BCUT2D eigenvalue weighted by molar-refractivity contribution is 0.0877. The number of imide groups is 2. The molecule has 0 fully saturated rings. The first-order valence-corrected chi connectivity index (χ1v) is 51.3. The van der Waals surface area contributed by atoms with Crippen LogP contribution in [-0.2, 0) is 47.3 Å². The summed E-state index contributed by atoms with van der Waals surface area (Å²) in [6.07, 6.45) is 12.7. The van der Waals surface area contributed by atoms with Gasteiger partial charge in [-0.25, -0.2) is 9.80 Å². The van der Waals surface area contributed by atoms with E-state index in [1.807, 2.05) is 128 Å². The molecular formula is C132H116N2O10. The number of fused-ring (bicyclic) bond motifs is 14. The number of nitrogens with zero attached hydrogens (tertiary/aromatic N) is 2. The van der Waals surface area contributed by atoms with Gasteiger partial charge in [-0.2, -0.15) is 0 Å². The number of carbonyl (C=O) groups is 4. The number of aromatic hydroxyl groups is 2. The van der Waals surface area contributed by atoms with Crippen LogP contribution in [0.3, 0.4) is 0 Å². The van der Waals surface area contributed by atoms with Crippen molar-refractivity contribution in [2.75, 3.05) is 9.80 Å². The predicted molar refractivity (Wildman–Crippen MR) is 587 cm³/mol. The smallest absolute Gasteiger partial charge is 0.266 e. The van der Waals surface area contributed by atoms with Crippen LogP contribution in [0.4, 0.5) is 11.4 Å². The lowest BCUT2D eigenvalue weighted by atomic mass is 9.62. The lowest BCUT2D eigenvalue weighted by Crippen LogP contribution is -2.42. The number of phenols is 2. The summed E-state index contributed by atoms with van der Waals surface area (Å²) in [5, 5.41) is 35.5. The number of phenolic OH excluding ortho intramolecular Hbond substituents is 2. The molecule has 0 saturated carbocycles. The number of anilines is 2. The highest BCUT2D eigenvalue weighted by Crippen LogP contribution is 2.67. The van der Waals surface area contributed by atoms with Crippen LogP contribution in [0.15, 0.2) is 243 Å². The van der Waals surface area contributed by atoms with Crippen molar-refractivity contribution in [3.05, 3.63) is 354 Å². The van der Waals surface area contributed by atoms with Crippen molar-refractivity contribution in [2.45, 2.75) is 209 Å². The van der Waals surface area contributed by atoms with Gasteiger partial charge < -0.3 is 29.2 Å². The van der Waals surface area contributed by atoms with E-state index in [1.54, 1.807) is 24.3 Å². The number of allylic oxidation sites excluding steroid dienone is 8. The first-order valence-electron chi connectivity index (χ1n) is 51.3. The van der Waals surface area contributed by atoms with E-state index in [2.05, 4.69) is 229 Å². The number of carbonyl (C=O) groups excluding carboxylic acids is 4. The molecule has 17 aromatic rings. The number of aryl methyl sites for hydroxylation is 4. The zero-order valence-electron chi connectivity index (χ0n) is 85.4. The van der Waals surface area contributed by atoms with Gasteiger partial charge in [0.15, 0.2) is 0 Å². The van der Waals surface area contributed by atoms with Gasteiger partial charge in [0.1, 0.15) is 57.5 Å². The molecule has 4 amide bonds. The van der Waals surface area contributed by atoms with Crippen LogP contribution in [0, 0.1) is 11.8 Å². The number of hydrogen-bond acceptors (Lipinski definition) is 10. The molecule has 0 aromatic heterocycles. The molecule has 2 aliphatic heterocycles. The van der Waals surface area contributed by atoms with Crippen LogP contribution in [0.5, 0.6) is 57.5 Å². The fourth-order valence-corrected chi connectivity index (χ4v) is 25.0. The molecule has 0 spiro atoms. The summed E-state index contributed by atoms with van der Waals surface area (Å²) in [5.41, 5.74) is 27.8. The molecule has 12 nitrogen and oxygen atoms in total. The van der Waals surface area contributed by atoms with Crippen molar-refractivity contribution in [3.8, 4) is 79.7 Å². The molecule has 25 rings (SSSR count). The van der Waals surface area contributed by atoms with Gasteiger partial charge in [-0.3, -0.25) is 19.2 Å². The maximum atomic E-state index is 16.3. The van der Waals surface area contributed by atoms with Crippen molar-refractivity contribution in [2.24, 2.45) is 11.8 Å². The van der Waals surface area contributed by atoms with Crippen LogP contribution in [0.25, 0.3) is 120 Å². The van der Waals surface area contributed by atoms with Gasteiger partial charge in [0.2, 0.25) is 0 Å². The highest BCUT2D eigenvalue weighted by Gasteiger charge is 2.52. The van der Waals surface area contributed by atoms with E-state index in [-0.39, 0.29) is 68.7 Å². The largest absolute Gasteiger partial charge is 0.508 e. The molecular weight excluding hydrogens is 1770 g/mol. The number of rotatable bonds is 14. The van der Waals surface area contributed by atoms with E-state index in [4.69, 9.17) is 18.9 Å². The van der Waals surface area contributed by atoms with Gasteiger partial charge in [-0.1, -0.05) is 260 Å². The summed E-state index contributed by atoms with van der Waals surface area (Å²) >= 11 is 0. The molecule has 0 radical (unpaired) electrons. The average Bonchev–Trinajstić information content (AvgIpc) is 1.45. The zero-order chi connectivity index (χ0) is 100. The Bertz CT molecular complexity index is 8320. The van der Waals surface area contributed by atoms with Crippen molar-refractivity contribution in [1.29, 1.82) is 0 Å². The molecule has 2 N–H and O–H groups in total. The number of amides is 4. The summed E-state index contributed by atoms with van der Waals surface area (Å²) < 4.78 is 29.5. The Morgan fingerprint density at radius 2 is 0.528 bits per heavy atom. The van der Waals surface area contributed by atoms with E-state index < -0.39 is 23.6 Å². The number of hydrogen-bond donors (Lipinski definition) is 2. The molecule has 144 heavy (non-hydrogen) atoms. The van der Waals surface area contributed by atoms with Crippen molar-refractivity contribution < 1.29 is 48.3 Å². The maximum absolute atomic E-state index is 16.3.